The molecule has 1 unspecified atom stereocenters. The Morgan fingerprint density at radius 2 is 2.38 bits per heavy atom. The van der Waals surface area contributed by atoms with Crippen molar-refractivity contribution in [3.8, 4) is 0 Å². The van der Waals surface area contributed by atoms with Crippen molar-refractivity contribution < 1.29 is 19.4 Å². The van der Waals surface area contributed by atoms with Crippen LogP contribution in [0.4, 0.5) is 0 Å². The van der Waals surface area contributed by atoms with Crippen molar-refractivity contribution in [2.75, 3.05) is 6.61 Å². The molecule has 0 aliphatic rings. The molecule has 3 N–H and O–H groups in total. The normalized spacial score (nSPS) is 12.6. The lowest BCUT2D eigenvalue weighted by molar-refractivity contribution is 0.0696. The van der Waals surface area contributed by atoms with Crippen LogP contribution in [-0.2, 0) is 6.54 Å². The SMILES string of the molecule is CCC(CCO)NCc1cc(C(=O)O)co1. The van der Waals surface area contributed by atoms with Crippen molar-refractivity contribution in [2.45, 2.75) is 32.4 Å². The number of carboxylic acids is 1. The van der Waals surface area contributed by atoms with Crippen LogP contribution in [0.25, 0.3) is 0 Å². The molecule has 0 fully saturated rings. The maximum Gasteiger partial charge on any atom is 0.338 e. The molecular weight excluding hydrogens is 210 g/mol. The van der Waals surface area contributed by atoms with Crippen molar-refractivity contribution in [2.24, 2.45) is 0 Å². The van der Waals surface area contributed by atoms with E-state index in [4.69, 9.17) is 14.6 Å². The van der Waals surface area contributed by atoms with Crippen LogP contribution in [0.5, 0.6) is 0 Å². The fourth-order valence-corrected chi connectivity index (χ4v) is 1.44. The quantitative estimate of drug-likeness (QED) is 0.652. The van der Waals surface area contributed by atoms with E-state index in [0.29, 0.717) is 18.7 Å². The topological polar surface area (TPSA) is 82.7 Å². The van der Waals surface area contributed by atoms with Crippen molar-refractivity contribution >= 4 is 5.97 Å². The molecule has 1 aromatic heterocycles. The number of aromatic carboxylic acids is 1. The lowest BCUT2D eigenvalue weighted by Gasteiger charge is -2.14. The average Bonchev–Trinajstić information content (AvgIpc) is 2.73. The first kappa shape index (κ1) is 12.7. The summed E-state index contributed by atoms with van der Waals surface area (Å²) < 4.78 is 5.09. The third-order valence-electron chi connectivity index (χ3n) is 2.44. The summed E-state index contributed by atoms with van der Waals surface area (Å²) in [7, 11) is 0. The van der Waals surface area contributed by atoms with E-state index in [1.165, 1.54) is 12.3 Å². The number of hydrogen-bond acceptors (Lipinski definition) is 4. The third kappa shape index (κ3) is 3.67. The molecule has 5 nitrogen and oxygen atoms in total. The van der Waals surface area contributed by atoms with Crippen LogP contribution >= 0.6 is 0 Å². The molecular formula is C11H17NO4. The number of nitrogens with one attached hydrogen (secondary N) is 1. The Hall–Kier alpha value is -1.33. The van der Waals surface area contributed by atoms with Gasteiger partial charge in [0.1, 0.15) is 12.0 Å². The Bertz CT molecular complexity index is 334. The second kappa shape index (κ2) is 6.30. The molecule has 5 heteroatoms. The predicted molar refractivity (Wildman–Crippen MR) is 58.3 cm³/mol. The summed E-state index contributed by atoms with van der Waals surface area (Å²) in [6.45, 7) is 2.65. The first-order chi connectivity index (χ1) is 7.67. The van der Waals surface area contributed by atoms with Gasteiger partial charge in [0.2, 0.25) is 0 Å². The highest BCUT2D eigenvalue weighted by Crippen LogP contribution is 2.08. The van der Waals surface area contributed by atoms with E-state index < -0.39 is 5.97 Å². The fraction of sp³-hybridized carbons (Fsp3) is 0.545. The predicted octanol–water partition coefficient (Wildman–Crippen LogP) is 1.23. The Labute approximate surface area is 94.1 Å². The number of rotatable bonds is 7. The molecule has 1 rings (SSSR count). The van der Waals surface area contributed by atoms with Gasteiger partial charge < -0.3 is 19.9 Å². The van der Waals surface area contributed by atoms with E-state index >= 15 is 0 Å². The number of aliphatic hydroxyl groups is 1. The molecule has 0 aliphatic carbocycles. The van der Waals surface area contributed by atoms with Gasteiger partial charge in [0, 0.05) is 12.6 Å². The van der Waals surface area contributed by atoms with Gasteiger partial charge in [0.25, 0.3) is 0 Å². The second-order valence-corrected chi connectivity index (χ2v) is 3.61. The minimum absolute atomic E-state index is 0.143. The molecule has 0 saturated carbocycles. The standard InChI is InChI=1S/C11H17NO4/c1-2-9(3-4-13)12-6-10-5-8(7-16-10)11(14)15/h5,7,9,12-13H,2-4,6H2,1H3,(H,14,15). The number of carboxylic acid groups (broad SMARTS) is 1. The molecule has 1 atom stereocenters. The highest BCUT2D eigenvalue weighted by Gasteiger charge is 2.10. The van der Waals surface area contributed by atoms with Gasteiger partial charge in [-0.2, -0.15) is 0 Å². The van der Waals surface area contributed by atoms with Gasteiger partial charge in [-0.15, -0.1) is 0 Å². The van der Waals surface area contributed by atoms with E-state index in [0.717, 1.165) is 6.42 Å². The summed E-state index contributed by atoms with van der Waals surface area (Å²) in [5.41, 5.74) is 0.159. The van der Waals surface area contributed by atoms with E-state index in [-0.39, 0.29) is 18.2 Å². The van der Waals surface area contributed by atoms with Gasteiger partial charge in [0.05, 0.1) is 12.1 Å². The molecule has 0 bridgehead atoms. The minimum Gasteiger partial charge on any atom is -0.478 e. The molecule has 16 heavy (non-hydrogen) atoms. The molecule has 0 amide bonds. The van der Waals surface area contributed by atoms with Crippen molar-refractivity contribution in [3.63, 3.8) is 0 Å². The summed E-state index contributed by atoms with van der Waals surface area (Å²) in [6.07, 6.45) is 2.82. The number of aliphatic hydroxyl groups excluding tert-OH is 1. The summed E-state index contributed by atoms with van der Waals surface area (Å²) in [5, 5.41) is 20.7. The first-order valence-electron chi connectivity index (χ1n) is 5.32. The smallest absolute Gasteiger partial charge is 0.338 e. The Morgan fingerprint density at radius 1 is 1.62 bits per heavy atom. The fourth-order valence-electron chi connectivity index (χ4n) is 1.44. The van der Waals surface area contributed by atoms with Crippen LogP contribution in [0, 0.1) is 0 Å². The molecule has 1 heterocycles. The second-order valence-electron chi connectivity index (χ2n) is 3.61. The van der Waals surface area contributed by atoms with Gasteiger partial charge in [-0.25, -0.2) is 4.79 Å². The van der Waals surface area contributed by atoms with E-state index in [1.54, 1.807) is 0 Å². The number of hydrogen-bond donors (Lipinski definition) is 3. The molecule has 0 aromatic carbocycles. The Kier molecular flexibility index (Phi) is 5.01. The first-order valence-corrected chi connectivity index (χ1v) is 5.32. The zero-order valence-electron chi connectivity index (χ0n) is 9.27. The largest absolute Gasteiger partial charge is 0.478 e. The van der Waals surface area contributed by atoms with Gasteiger partial charge in [-0.1, -0.05) is 6.92 Å². The molecule has 0 spiro atoms. The monoisotopic (exact) mass is 227 g/mol. The van der Waals surface area contributed by atoms with Crippen LogP contribution in [0.1, 0.15) is 35.9 Å². The summed E-state index contributed by atoms with van der Waals surface area (Å²) >= 11 is 0. The van der Waals surface area contributed by atoms with Gasteiger partial charge in [0.15, 0.2) is 0 Å². The molecule has 90 valence electrons. The van der Waals surface area contributed by atoms with Crippen molar-refractivity contribution in [1.82, 2.24) is 5.32 Å². The van der Waals surface area contributed by atoms with Crippen LogP contribution in [0.3, 0.4) is 0 Å². The van der Waals surface area contributed by atoms with Crippen LogP contribution < -0.4 is 5.32 Å². The minimum atomic E-state index is -0.989. The van der Waals surface area contributed by atoms with Crippen molar-refractivity contribution in [1.29, 1.82) is 0 Å². The van der Waals surface area contributed by atoms with Crippen molar-refractivity contribution in [3.05, 3.63) is 23.7 Å². The molecule has 1 aromatic rings. The van der Waals surface area contributed by atoms with E-state index in [9.17, 15) is 4.79 Å². The number of carbonyl (C=O) groups is 1. The number of furan rings is 1. The lowest BCUT2D eigenvalue weighted by atomic mass is 10.1. The van der Waals surface area contributed by atoms with Crippen LogP contribution in [-0.4, -0.2) is 28.8 Å². The van der Waals surface area contributed by atoms with E-state index in [2.05, 4.69) is 5.32 Å². The summed E-state index contributed by atoms with van der Waals surface area (Å²) in [6, 6.07) is 1.73. The van der Waals surface area contributed by atoms with Gasteiger partial charge in [-0.3, -0.25) is 0 Å². The lowest BCUT2D eigenvalue weighted by Crippen LogP contribution is -2.28. The molecule has 0 aliphatic heterocycles. The molecule has 0 radical (unpaired) electrons. The maximum atomic E-state index is 10.6. The van der Waals surface area contributed by atoms with Crippen LogP contribution in [0.2, 0.25) is 0 Å². The zero-order valence-corrected chi connectivity index (χ0v) is 9.27. The zero-order chi connectivity index (χ0) is 12.0. The van der Waals surface area contributed by atoms with E-state index in [1.807, 2.05) is 6.92 Å². The average molecular weight is 227 g/mol. The van der Waals surface area contributed by atoms with Crippen LogP contribution in [0.15, 0.2) is 16.7 Å². The third-order valence-corrected chi connectivity index (χ3v) is 2.44. The highest BCUT2D eigenvalue weighted by atomic mass is 16.4. The van der Waals surface area contributed by atoms with Gasteiger partial charge in [-0.05, 0) is 18.9 Å². The highest BCUT2D eigenvalue weighted by molar-refractivity contribution is 5.87. The Morgan fingerprint density at radius 3 is 2.88 bits per heavy atom. The summed E-state index contributed by atoms with van der Waals surface area (Å²) in [5.74, 6) is -0.397. The molecule has 0 saturated heterocycles. The maximum absolute atomic E-state index is 10.6. The summed E-state index contributed by atoms with van der Waals surface area (Å²) in [4.78, 5) is 10.6. The van der Waals surface area contributed by atoms with Gasteiger partial charge >= 0.3 is 5.97 Å². The Balaban J connectivity index is 2.44.